The summed E-state index contributed by atoms with van der Waals surface area (Å²) in [5.74, 6) is 0.265. The van der Waals surface area contributed by atoms with Crippen LogP contribution in [0.15, 0.2) is 66.4 Å². The first-order chi connectivity index (χ1) is 10.7. The Morgan fingerprint density at radius 2 is 1.91 bits per heavy atom. The monoisotopic (exact) mass is 293 g/mol. The molecule has 1 aliphatic carbocycles. The highest BCUT2D eigenvalue weighted by atomic mass is 16.5. The van der Waals surface area contributed by atoms with Crippen LogP contribution >= 0.6 is 0 Å². The number of nitrogens with zero attached hydrogens (tertiary/aromatic N) is 1. The van der Waals surface area contributed by atoms with Crippen molar-refractivity contribution in [2.24, 2.45) is 5.92 Å². The van der Waals surface area contributed by atoms with Gasteiger partial charge in [-0.2, -0.15) is 0 Å². The molecule has 0 amide bonds. The lowest BCUT2D eigenvalue weighted by Crippen LogP contribution is -2.12. The number of carbonyl (C=O) groups excluding carboxylic acids is 1. The number of pyridine rings is 1. The van der Waals surface area contributed by atoms with Crippen LogP contribution in [0.5, 0.6) is 0 Å². The van der Waals surface area contributed by atoms with Crippen molar-refractivity contribution in [1.29, 1.82) is 0 Å². The average molecular weight is 293 g/mol. The molecule has 0 aliphatic heterocycles. The number of ether oxygens (including phenoxy) is 1. The van der Waals surface area contributed by atoms with Crippen LogP contribution in [0.2, 0.25) is 0 Å². The summed E-state index contributed by atoms with van der Waals surface area (Å²) in [7, 11) is 0. The largest absolute Gasteiger partial charge is 0.448 e. The van der Waals surface area contributed by atoms with Gasteiger partial charge in [-0.25, -0.2) is 4.79 Å². The predicted molar refractivity (Wildman–Crippen MR) is 85.1 cm³/mol. The van der Waals surface area contributed by atoms with Gasteiger partial charge in [0.25, 0.3) is 0 Å². The van der Waals surface area contributed by atoms with Gasteiger partial charge in [-0.05, 0) is 43.4 Å². The molecule has 3 heteroatoms. The lowest BCUT2D eigenvalue weighted by molar-refractivity contribution is -0.141. The van der Waals surface area contributed by atoms with E-state index in [1.807, 2.05) is 55.5 Å². The van der Waals surface area contributed by atoms with Gasteiger partial charge >= 0.3 is 5.97 Å². The molecule has 0 saturated heterocycles. The Balaban J connectivity index is 1.83. The van der Waals surface area contributed by atoms with Crippen LogP contribution in [0.4, 0.5) is 0 Å². The fourth-order valence-corrected chi connectivity index (χ4v) is 2.45. The Morgan fingerprint density at radius 1 is 1.18 bits per heavy atom. The third-order valence-electron chi connectivity index (χ3n) is 3.86. The molecule has 1 heterocycles. The average Bonchev–Trinajstić information content (AvgIpc) is 3.39. The summed E-state index contributed by atoms with van der Waals surface area (Å²) in [4.78, 5) is 16.6. The zero-order valence-electron chi connectivity index (χ0n) is 12.6. The third-order valence-corrected chi connectivity index (χ3v) is 3.86. The lowest BCUT2D eigenvalue weighted by Gasteiger charge is -2.17. The topological polar surface area (TPSA) is 39.2 Å². The van der Waals surface area contributed by atoms with Crippen molar-refractivity contribution in [3.63, 3.8) is 0 Å². The van der Waals surface area contributed by atoms with Gasteiger partial charge in [-0.15, -0.1) is 0 Å². The molecule has 0 spiro atoms. The number of hydrogen-bond donors (Lipinski definition) is 0. The van der Waals surface area contributed by atoms with E-state index in [2.05, 4.69) is 4.98 Å². The van der Waals surface area contributed by atoms with Crippen LogP contribution in [-0.4, -0.2) is 11.0 Å². The van der Waals surface area contributed by atoms with Crippen molar-refractivity contribution < 1.29 is 9.53 Å². The SMILES string of the molecule is CC(=CC(=O)OC(c1ccccc1)c1ccccn1)C1CC1. The van der Waals surface area contributed by atoms with Crippen LogP contribution in [0.3, 0.4) is 0 Å². The van der Waals surface area contributed by atoms with E-state index < -0.39 is 6.10 Å². The van der Waals surface area contributed by atoms with Gasteiger partial charge in [0.15, 0.2) is 6.10 Å². The summed E-state index contributed by atoms with van der Waals surface area (Å²) in [5, 5.41) is 0. The quantitative estimate of drug-likeness (QED) is 0.616. The van der Waals surface area contributed by atoms with E-state index in [4.69, 9.17) is 4.74 Å². The molecule has 2 aromatic rings. The molecule has 0 N–H and O–H groups in total. The first-order valence-corrected chi connectivity index (χ1v) is 7.58. The van der Waals surface area contributed by atoms with E-state index in [0.29, 0.717) is 5.92 Å². The van der Waals surface area contributed by atoms with Gasteiger partial charge in [-0.1, -0.05) is 42.0 Å². The summed E-state index contributed by atoms with van der Waals surface area (Å²) in [6.45, 7) is 2.00. The molecule has 1 fully saturated rings. The first-order valence-electron chi connectivity index (χ1n) is 7.58. The molecule has 22 heavy (non-hydrogen) atoms. The Morgan fingerprint density at radius 3 is 2.55 bits per heavy atom. The Kier molecular flexibility index (Phi) is 4.33. The molecule has 3 nitrogen and oxygen atoms in total. The number of carbonyl (C=O) groups is 1. The highest BCUT2D eigenvalue weighted by molar-refractivity contribution is 5.83. The molecule has 3 rings (SSSR count). The van der Waals surface area contributed by atoms with Gasteiger partial charge in [0.05, 0.1) is 5.69 Å². The number of esters is 1. The second-order valence-electron chi connectivity index (χ2n) is 5.64. The number of aromatic nitrogens is 1. The normalized spacial score (nSPS) is 16.1. The van der Waals surface area contributed by atoms with E-state index in [1.54, 1.807) is 12.3 Å². The van der Waals surface area contributed by atoms with Gasteiger partial charge in [-0.3, -0.25) is 4.98 Å². The Labute approximate surface area is 130 Å². The van der Waals surface area contributed by atoms with Crippen LogP contribution in [0.25, 0.3) is 0 Å². The maximum Gasteiger partial charge on any atom is 0.331 e. The molecule has 1 aromatic heterocycles. The van der Waals surface area contributed by atoms with E-state index in [-0.39, 0.29) is 5.97 Å². The van der Waals surface area contributed by atoms with Gasteiger partial charge in [0.1, 0.15) is 0 Å². The smallest absolute Gasteiger partial charge is 0.331 e. The molecule has 1 saturated carbocycles. The van der Waals surface area contributed by atoms with Crippen molar-refractivity contribution in [3.05, 3.63) is 77.6 Å². The Hall–Kier alpha value is -2.42. The zero-order chi connectivity index (χ0) is 15.4. The predicted octanol–water partition coefficient (Wildman–Crippen LogP) is 4.07. The van der Waals surface area contributed by atoms with Crippen molar-refractivity contribution in [2.45, 2.75) is 25.9 Å². The van der Waals surface area contributed by atoms with Crippen LogP contribution in [0.1, 0.15) is 37.1 Å². The molecule has 0 radical (unpaired) electrons. The minimum Gasteiger partial charge on any atom is -0.448 e. The first kappa shape index (κ1) is 14.5. The van der Waals surface area contributed by atoms with E-state index in [9.17, 15) is 4.79 Å². The second kappa shape index (κ2) is 6.56. The van der Waals surface area contributed by atoms with Crippen molar-refractivity contribution in [2.75, 3.05) is 0 Å². The van der Waals surface area contributed by atoms with E-state index in [0.717, 1.165) is 16.8 Å². The van der Waals surface area contributed by atoms with Crippen molar-refractivity contribution in [1.82, 2.24) is 4.98 Å². The van der Waals surface area contributed by atoms with E-state index in [1.165, 1.54) is 12.8 Å². The minimum atomic E-state index is -0.474. The number of allylic oxidation sites excluding steroid dienone is 1. The summed E-state index contributed by atoms with van der Waals surface area (Å²) in [5.41, 5.74) is 2.77. The zero-order valence-corrected chi connectivity index (χ0v) is 12.6. The summed E-state index contributed by atoms with van der Waals surface area (Å²) in [6.07, 6.45) is 5.22. The molecule has 112 valence electrons. The molecule has 0 bridgehead atoms. The molecule has 1 unspecified atom stereocenters. The standard InChI is InChI=1S/C19H19NO2/c1-14(15-10-11-15)13-18(21)22-19(16-7-3-2-4-8-16)17-9-5-6-12-20-17/h2-9,12-13,15,19H,10-11H2,1H3. The highest BCUT2D eigenvalue weighted by Crippen LogP contribution is 2.36. The van der Waals surface area contributed by atoms with Crippen molar-refractivity contribution >= 4 is 5.97 Å². The Bertz CT molecular complexity index is 621. The number of rotatable bonds is 5. The van der Waals surface area contributed by atoms with Crippen LogP contribution in [0, 0.1) is 5.92 Å². The van der Waals surface area contributed by atoms with Crippen molar-refractivity contribution in [3.8, 4) is 0 Å². The minimum absolute atomic E-state index is 0.302. The van der Waals surface area contributed by atoms with Gasteiger partial charge < -0.3 is 4.74 Å². The van der Waals surface area contributed by atoms with Crippen LogP contribution < -0.4 is 0 Å². The summed E-state index contributed by atoms with van der Waals surface area (Å²) in [6, 6.07) is 15.3. The van der Waals surface area contributed by atoms with Crippen LogP contribution in [-0.2, 0) is 9.53 Å². The second-order valence-corrected chi connectivity index (χ2v) is 5.64. The maximum absolute atomic E-state index is 12.2. The van der Waals surface area contributed by atoms with Gasteiger partial charge in [0, 0.05) is 12.3 Å². The fraction of sp³-hybridized carbons (Fsp3) is 0.263. The molecular weight excluding hydrogens is 274 g/mol. The van der Waals surface area contributed by atoms with Gasteiger partial charge in [0.2, 0.25) is 0 Å². The molecule has 1 aliphatic rings. The third kappa shape index (κ3) is 3.61. The molecule has 1 atom stereocenters. The number of benzene rings is 1. The summed E-state index contributed by atoms with van der Waals surface area (Å²) >= 11 is 0. The molecular formula is C19H19NO2. The molecule has 1 aromatic carbocycles. The van der Waals surface area contributed by atoms with E-state index >= 15 is 0 Å². The fourth-order valence-electron chi connectivity index (χ4n) is 2.45. The maximum atomic E-state index is 12.2. The number of hydrogen-bond acceptors (Lipinski definition) is 3. The lowest BCUT2D eigenvalue weighted by atomic mass is 10.1. The highest BCUT2D eigenvalue weighted by Gasteiger charge is 2.25. The summed E-state index contributed by atoms with van der Waals surface area (Å²) < 4.78 is 5.69.